The molecule has 0 atom stereocenters. The van der Waals surface area contributed by atoms with E-state index in [0.717, 1.165) is 31.4 Å². The lowest BCUT2D eigenvalue weighted by Crippen LogP contribution is -2.45. The molecule has 0 amide bonds. The van der Waals surface area contributed by atoms with Crippen molar-refractivity contribution in [1.82, 2.24) is 9.62 Å². The van der Waals surface area contributed by atoms with Gasteiger partial charge in [-0.15, -0.1) is 0 Å². The maximum absolute atomic E-state index is 13.6. The standard InChI is InChI=1S/C16H23FN2O2S/c1-12-2-5-15(10-16(12)17)22(20,21)19-8-6-14(7-9-19)18-11-13-3-4-13/h2,5,10,13-14,18H,3-4,6-9,11H2,1H3. The van der Waals surface area contributed by atoms with E-state index in [0.29, 0.717) is 24.7 Å². The van der Waals surface area contributed by atoms with E-state index in [1.807, 2.05) is 0 Å². The molecule has 2 fully saturated rings. The molecule has 3 rings (SSSR count). The molecule has 0 bridgehead atoms. The van der Waals surface area contributed by atoms with Gasteiger partial charge in [0.15, 0.2) is 0 Å². The molecular weight excluding hydrogens is 303 g/mol. The lowest BCUT2D eigenvalue weighted by atomic mass is 10.1. The second kappa shape index (κ2) is 6.26. The smallest absolute Gasteiger partial charge is 0.243 e. The van der Waals surface area contributed by atoms with E-state index < -0.39 is 15.8 Å². The van der Waals surface area contributed by atoms with E-state index in [1.165, 1.54) is 29.3 Å². The molecule has 0 aromatic heterocycles. The summed E-state index contributed by atoms with van der Waals surface area (Å²) < 4.78 is 40.3. The SMILES string of the molecule is Cc1ccc(S(=O)(=O)N2CCC(NCC3CC3)CC2)cc1F. The van der Waals surface area contributed by atoms with Gasteiger partial charge in [-0.05, 0) is 62.8 Å². The molecule has 1 aliphatic carbocycles. The number of hydrogen-bond donors (Lipinski definition) is 1. The summed E-state index contributed by atoms with van der Waals surface area (Å²) in [6, 6.07) is 4.54. The second-order valence-corrected chi connectivity index (χ2v) is 8.38. The van der Waals surface area contributed by atoms with Gasteiger partial charge in [0.25, 0.3) is 0 Å². The summed E-state index contributed by atoms with van der Waals surface area (Å²) in [5, 5.41) is 3.53. The number of halogens is 1. The Labute approximate surface area is 131 Å². The minimum atomic E-state index is -3.58. The molecule has 1 heterocycles. The summed E-state index contributed by atoms with van der Waals surface area (Å²) in [5.74, 6) is 0.361. The van der Waals surface area contributed by atoms with Crippen molar-refractivity contribution < 1.29 is 12.8 Å². The molecule has 1 saturated heterocycles. The number of rotatable bonds is 5. The minimum Gasteiger partial charge on any atom is -0.314 e. The van der Waals surface area contributed by atoms with E-state index in [-0.39, 0.29) is 4.90 Å². The van der Waals surface area contributed by atoms with Gasteiger partial charge in [0.05, 0.1) is 4.90 Å². The Bertz CT molecular complexity index is 636. The van der Waals surface area contributed by atoms with Crippen LogP contribution in [0.1, 0.15) is 31.2 Å². The van der Waals surface area contributed by atoms with E-state index in [2.05, 4.69) is 5.32 Å². The molecule has 1 N–H and O–H groups in total. The van der Waals surface area contributed by atoms with Crippen LogP contribution in [0.5, 0.6) is 0 Å². The van der Waals surface area contributed by atoms with Crippen molar-refractivity contribution in [2.75, 3.05) is 19.6 Å². The number of benzene rings is 1. The van der Waals surface area contributed by atoms with Crippen LogP contribution < -0.4 is 5.32 Å². The number of nitrogens with one attached hydrogen (secondary N) is 1. The fourth-order valence-electron chi connectivity index (χ4n) is 2.84. The van der Waals surface area contributed by atoms with Crippen LogP contribution in [-0.4, -0.2) is 38.4 Å². The van der Waals surface area contributed by atoms with Gasteiger partial charge >= 0.3 is 0 Å². The lowest BCUT2D eigenvalue weighted by Gasteiger charge is -2.31. The molecular formula is C16H23FN2O2S. The van der Waals surface area contributed by atoms with Crippen molar-refractivity contribution in [3.8, 4) is 0 Å². The van der Waals surface area contributed by atoms with Gasteiger partial charge < -0.3 is 5.32 Å². The van der Waals surface area contributed by atoms with Crippen LogP contribution in [0.3, 0.4) is 0 Å². The highest BCUT2D eigenvalue weighted by molar-refractivity contribution is 7.89. The fourth-order valence-corrected chi connectivity index (χ4v) is 4.32. The van der Waals surface area contributed by atoms with Gasteiger partial charge in [-0.2, -0.15) is 4.31 Å². The third-order valence-electron chi connectivity index (χ3n) is 4.63. The zero-order valence-electron chi connectivity index (χ0n) is 12.9. The monoisotopic (exact) mass is 326 g/mol. The van der Waals surface area contributed by atoms with Crippen LogP contribution in [0.25, 0.3) is 0 Å². The van der Waals surface area contributed by atoms with Crippen molar-refractivity contribution in [2.24, 2.45) is 5.92 Å². The average molecular weight is 326 g/mol. The van der Waals surface area contributed by atoms with Gasteiger partial charge in [-0.25, -0.2) is 12.8 Å². The Balaban J connectivity index is 1.62. The highest BCUT2D eigenvalue weighted by Gasteiger charge is 2.30. The molecule has 0 unspecified atom stereocenters. The highest BCUT2D eigenvalue weighted by atomic mass is 32.2. The topological polar surface area (TPSA) is 49.4 Å². The van der Waals surface area contributed by atoms with Crippen molar-refractivity contribution in [2.45, 2.75) is 43.5 Å². The number of aryl methyl sites for hydroxylation is 1. The molecule has 1 aromatic rings. The first kappa shape index (κ1) is 15.9. The minimum absolute atomic E-state index is 0.0555. The van der Waals surface area contributed by atoms with Crippen molar-refractivity contribution >= 4 is 10.0 Å². The predicted octanol–water partition coefficient (Wildman–Crippen LogP) is 2.29. The number of nitrogens with zero attached hydrogens (tertiary/aromatic N) is 1. The summed E-state index contributed by atoms with van der Waals surface area (Å²) in [6.45, 7) is 3.68. The Morgan fingerprint density at radius 3 is 2.50 bits per heavy atom. The summed E-state index contributed by atoms with van der Waals surface area (Å²) in [5.41, 5.74) is 0.460. The highest BCUT2D eigenvalue weighted by Crippen LogP contribution is 2.28. The summed E-state index contributed by atoms with van der Waals surface area (Å²) in [7, 11) is -3.58. The fraction of sp³-hybridized carbons (Fsp3) is 0.625. The Kier molecular flexibility index (Phi) is 4.52. The van der Waals surface area contributed by atoms with Gasteiger partial charge in [0.1, 0.15) is 5.82 Å². The Morgan fingerprint density at radius 1 is 1.23 bits per heavy atom. The van der Waals surface area contributed by atoms with Crippen LogP contribution in [0.2, 0.25) is 0 Å². The van der Waals surface area contributed by atoms with E-state index in [4.69, 9.17) is 0 Å². The largest absolute Gasteiger partial charge is 0.314 e. The van der Waals surface area contributed by atoms with Gasteiger partial charge in [-0.3, -0.25) is 0 Å². The van der Waals surface area contributed by atoms with Crippen LogP contribution in [0.4, 0.5) is 4.39 Å². The first-order chi connectivity index (χ1) is 10.5. The maximum Gasteiger partial charge on any atom is 0.243 e. The van der Waals surface area contributed by atoms with Gasteiger partial charge in [0, 0.05) is 19.1 Å². The number of hydrogen-bond acceptors (Lipinski definition) is 3. The predicted molar refractivity (Wildman–Crippen MR) is 83.6 cm³/mol. The van der Waals surface area contributed by atoms with Gasteiger partial charge in [0.2, 0.25) is 10.0 Å². The van der Waals surface area contributed by atoms with Crippen LogP contribution in [0, 0.1) is 18.7 Å². The maximum atomic E-state index is 13.6. The van der Waals surface area contributed by atoms with E-state index in [9.17, 15) is 12.8 Å². The first-order valence-corrected chi connectivity index (χ1v) is 9.40. The third kappa shape index (κ3) is 3.50. The zero-order valence-corrected chi connectivity index (χ0v) is 13.7. The molecule has 1 saturated carbocycles. The summed E-state index contributed by atoms with van der Waals surface area (Å²) >= 11 is 0. The van der Waals surface area contributed by atoms with Crippen LogP contribution in [0.15, 0.2) is 23.1 Å². The molecule has 122 valence electrons. The number of piperidine rings is 1. The lowest BCUT2D eigenvalue weighted by molar-refractivity contribution is 0.288. The van der Waals surface area contributed by atoms with Gasteiger partial charge in [-0.1, -0.05) is 6.07 Å². The molecule has 1 aliphatic heterocycles. The molecule has 6 heteroatoms. The Morgan fingerprint density at radius 2 is 1.91 bits per heavy atom. The molecule has 0 spiro atoms. The molecule has 0 radical (unpaired) electrons. The number of sulfonamides is 1. The zero-order chi connectivity index (χ0) is 15.7. The second-order valence-electron chi connectivity index (χ2n) is 6.44. The molecule has 4 nitrogen and oxygen atoms in total. The summed E-state index contributed by atoms with van der Waals surface area (Å²) in [4.78, 5) is 0.0555. The van der Waals surface area contributed by atoms with Crippen molar-refractivity contribution in [3.63, 3.8) is 0 Å². The van der Waals surface area contributed by atoms with Crippen molar-refractivity contribution in [3.05, 3.63) is 29.6 Å². The Hall–Kier alpha value is -0.980. The quantitative estimate of drug-likeness (QED) is 0.903. The van der Waals surface area contributed by atoms with E-state index in [1.54, 1.807) is 6.92 Å². The molecule has 22 heavy (non-hydrogen) atoms. The third-order valence-corrected chi connectivity index (χ3v) is 6.52. The first-order valence-electron chi connectivity index (χ1n) is 7.96. The van der Waals surface area contributed by atoms with Crippen LogP contribution in [-0.2, 0) is 10.0 Å². The van der Waals surface area contributed by atoms with Crippen molar-refractivity contribution in [1.29, 1.82) is 0 Å². The molecule has 2 aliphatic rings. The average Bonchev–Trinajstić information content (AvgIpc) is 3.32. The summed E-state index contributed by atoms with van der Waals surface area (Å²) in [6.07, 6.45) is 4.28. The van der Waals surface area contributed by atoms with Crippen LogP contribution >= 0.6 is 0 Å². The van der Waals surface area contributed by atoms with E-state index >= 15 is 0 Å². The molecule has 1 aromatic carbocycles. The normalized spacial score (nSPS) is 21.2.